The molecule has 0 heterocycles. The largest absolute Gasteiger partial charge is 0.233 e. The molecule has 1 unspecified atom stereocenters. The normalized spacial score (nSPS) is 12.9. The van der Waals surface area contributed by atoms with Gasteiger partial charge < -0.3 is 0 Å². The molecule has 0 amide bonds. The Hall–Kier alpha value is -1.34. The molecule has 0 fully saturated rings. The highest BCUT2D eigenvalue weighted by molar-refractivity contribution is 5.82. The lowest BCUT2D eigenvalue weighted by atomic mass is 10.0. The van der Waals surface area contributed by atoms with Crippen molar-refractivity contribution >= 4 is 10.8 Å². The van der Waals surface area contributed by atoms with E-state index in [1.807, 2.05) is 12.1 Å². The summed E-state index contributed by atoms with van der Waals surface area (Å²) in [6, 6.07) is 14.7. The number of rotatable bonds is 3. The molecule has 0 aromatic heterocycles. The Labute approximate surface area is 90.4 Å². The van der Waals surface area contributed by atoms with Crippen LogP contribution in [0.3, 0.4) is 0 Å². The molecule has 0 aliphatic heterocycles. The summed E-state index contributed by atoms with van der Waals surface area (Å²) in [4.78, 5) is 0. The van der Waals surface area contributed by atoms with Crippen LogP contribution in [0.5, 0.6) is 0 Å². The summed E-state index contributed by atoms with van der Waals surface area (Å²) in [6.45, 7) is 1.72. The van der Waals surface area contributed by atoms with E-state index in [1.165, 1.54) is 16.3 Å². The highest BCUT2D eigenvalue weighted by Gasteiger charge is 2.00. The van der Waals surface area contributed by atoms with E-state index in [2.05, 4.69) is 30.3 Å². The minimum absolute atomic E-state index is 0.462. The lowest BCUT2D eigenvalue weighted by Gasteiger charge is -2.04. The molecule has 0 N–H and O–H groups in total. The maximum atomic E-state index is 11.0. The van der Waals surface area contributed by atoms with Crippen molar-refractivity contribution in [1.29, 1.82) is 0 Å². The van der Waals surface area contributed by atoms with Gasteiger partial charge in [0, 0.05) is 0 Å². The van der Waals surface area contributed by atoms with Gasteiger partial charge >= 0.3 is 0 Å². The van der Waals surface area contributed by atoms with Crippen molar-refractivity contribution in [3.8, 4) is 0 Å². The Morgan fingerprint density at radius 1 is 1.07 bits per heavy atom. The van der Waals surface area contributed by atoms with Gasteiger partial charge in [0.1, 0.15) is 0 Å². The van der Waals surface area contributed by atoms with Crippen LogP contribution in [0, 0.1) is 0 Å². The lowest BCUT2D eigenvalue weighted by Crippen LogP contribution is -1.99. The van der Waals surface area contributed by atoms with E-state index in [4.69, 9.17) is 0 Å². The summed E-state index contributed by atoms with van der Waals surface area (Å²) < 4.78 is 0. The average molecular weight is 199 g/mol. The monoisotopic (exact) mass is 199 g/mol. The van der Waals surface area contributed by atoms with E-state index in [0.717, 1.165) is 12.8 Å². The van der Waals surface area contributed by atoms with Crippen LogP contribution in [0.25, 0.3) is 10.8 Å². The topological polar surface area (TPSA) is 19.9 Å². The first kappa shape index (κ1) is 10.2. The van der Waals surface area contributed by atoms with Crippen LogP contribution in [-0.4, -0.2) is 6.10 Å². The predicted octanol–water partition coefficient (Wildman–Crippen LogP) is 3.59. The number of fused-ring (bicyclic) bond motifs is 1. The highest BCUT2D eigenvalue weighted by Crippen LogP contribution is 2.16. The summed E-state index contributed by atoms with van der Waals surface area (Å²) in [6.07, 6.45) is 1.14. The summed E-state index contributed by atoms with van der Waals surface area (Å²) in [5, 5.41) is 13.5. The van der Waals surface area contributed by atoms with Gasteiger partial charge in [-0.05, 0) is 36.1 Å². The zero-order valence-electron chi connectivity index (χ0n) is 8.94. The molecule has 0 saturated heterocycles. The molecule has 2 aromatic rings. The van der Waals surface area contributed by atoms with Gasteiger partial charge in [0.05, 0.1) is 6.10 Å². The standard InChI is InChI=1S/C14H15O/c1-11(15)6-7-12-8-9-13-4-2-3-5-14(13)10-12/h2-5,8-11H,6-7H2,1H3. The van der Waals surface area contributed by atoms with Crippen molar-refractivity contribution in [2.45, 2.75) is 25.9 Å². The molecule has 1 heteroatoms. The molecule has 15 heavy (non-hydrogen) atoms. The quantitative estimate of drug-likeness (QED) is 0.720. The maximum absolute atomic E-state index is 11.0. The zero-order chi connectivity index (χ0) is 10.7. The molecule has 1 radical (unpaired) electrons. The minimum Gasteiger partial charge on any atom is -0.233 e. The minimum atomic E-state index is -0.462. The third-order valence-electron chi connectivity index (χ3n) is 2.65. The molecule has 1 nitrogen and oxygen atoms in total. The second kappa shape index (κ2) is 4.45. The van der Waals surface area contributed by atoms with Crippen LogP contribution in [0.2, 0.25) is 0 Å². The van der Waals surface area contributed by atoms with Gasteiger partial charge in [-0.15, -0.1) is 0 Å². The lowest BCUT2D eigenvalue weighted by molar-refractivity contribution is 0.0980. The van der Waals surface area contributed by atoms with Crippen LogP contribution in [-0.2, 0) is 11.5 Å². The van der Waals surface area contributed by atoms with Crippen LogP contribution in [0.15, 0.2) is 42.5 Å². The van der Waals surface area contributed by atoms with E-state index in [9.17, 15) is 5.11 Å². The molecule has 2 rings (SSSR count). The first-order valence-electron chi connectivity index (χ1n) is 5.39. The number of hydrogen-bond donors (Lipinski definition) is 0. The molecule has 0 saturated carbocycles. The molecule has 0 aliphatic carbocycles. The molecule has 0 bridgehead atoms. The Balaban J connectivity index is 2.23. The van der Waals surface area contributed by atoms with Gasteiger partial charge in [-0.25, -0.2) is 5.11 Å². The van der Waals surface area contributed by atoms with Crippen LogP contribution in [0.4, 0.5) is 0 Å². The maximum Gasteiger partial charge on any atom is 0.0905 e. The van der Waals surface area contributed by atoms with Crippen LogP contribution < -0.4 is 0 Å². The van der Waals surface area contributed by atoms with E-state index in [0.29, 0.717) is 0 Å². The van der Waals surface area contributed by atoms with Crippen LogP contribution >= 0.6 is 0 Å². The van der Waals surface area contributed by atoms with Gasteiger partial charge in [-0.2, -0.15) is 0 Å². The van der Waals surface area contributed by atoms with E-state index in [-0.39, 0.29) is 0 Å². The first-order valence-corrected chi connectivity index (χ1v) is 5.39. The fourth-order valence-corrected chi connectivity index (χ4v) is 1.76. The third-order valence-corrected chi connectivity index (χ3v) is 2.65. The van der Waals surface area contributed by atoms with Crippen molar-refractivity contribution in [1.82, 2.24) is 0 Å². The van der Waals surface area contributed by atoms with Gasteiger partial charge in [0.2, 0.25) is 0 Å². The fourth-order valence-electron chi connectivity index (χ4n) is 1.76. The summed E-state index contributed by atoms with van der Waals surface area (Å²) in [5.41, 5.74) is 1.26. The molecular weight excluding hydrogens is 184 g/mol. The van der Waals surface area contributed by atoms with Crippen molar-refractivity contribution in [3.63, 3.8) is 0 Å². The van der Waals surface area contributed by atoms with Crippen LogP contribution in [0.1, 0.15) is 18.9 Å². The highest BCUT2D eigenvalue weighted by atomic mass is 16.3. The third kappa shape index (κ3) is 2.57. The molecule has 1 atom stereocenters. The van der Waals surface area contributed by atoms with Gasteiger partial charge in [-0.3, -0.25) is 0 Å². The average Bonchev–Trinajstić information content (AvgIpc) is 2.26. The Morgan fingerprint density at radius 2 is 1.80 bits per heavy atom. The smallest absolute Gasteiger partial charge is 0.0905 e. The number of benzene rings is 2. The molecule has 77 valence electrons. The first-order chi connectivity index (χ1) is 7.25. The number of hydrogen-bond acceptors (Lipinski definition) is 0. The van der Waals surface area contributed by atoms with Crippen molar-refractivity contribution in [2.75, 3.05) is 0 Å². The van der Waals surface area contributed by atoms with Crippen molar-refractivity contribution in [3.05, 3.63) is 48.0 Å². The molecule has 2 aromatic carbocycles. The van der Waals surface area contributed by atoms with Gasteiger partial charge in [0.15, 0.2) is 0 Å². The Bertz CT molecular complexity index is 446. The van der Waals surface area contributed by atoms with E-state index < -0.39 is 6.10 Å². The summed E-state index contributed by atoms with van der Waals surface area (Å²) >= 11 is 0. The molecular formula is C14H15O. The Kier molecular flexibility index (Phi) is 3.02. The van der Waals surface area contributed by atoms with Crippen molar-refractivity contribution < 1.29 is 5.11 Å². The number of aryl methyl sites for hydroxylation is 1. The second-order valence-corrected chi connectivity index (χ2v) is 4.03. The Morgan fingerprint density at radius 3 is 2.53 bits per heavy atom. The predicted molar refractivity (Wildman–Crippen MR) is 62.4 cm³/mol. The molecule has 0 spiro atoms. The summed E-state index contributed by atoms with van der Waals surface area (Å²) in [7, 11) is 0. The molecule has 0 aliphatic rings. The van der Waals surface area contributed by atoms with E-state index >= 15 is 0 Å². The summed E-state index contributed by atoms with van der Waals surface area (Å²) in [5.74, 6) is 0. The SMILES string of the molecule is CC([O])CCc1ccc2ccccc2c1. The second-order valence-electron chi connectivity index (χ2n) is 4.03. The van der Waals surface area contributed by atoms with Gasteiger partial charge in [0.25, 0.3) is 0 Å². The van der Waals surface area contributed by atoms with E-state index in [1.54, 1.807) is 6.92 Å². The van der Waals surface area contributed by atoms with Crippen molar-refractivity contribution in [2.24, 2.45) is 0 Å². The fraction of sp³-hybridized carbons (Fsp3) is 0.286. The van der Waals surface area contributed by atoms with Gasteiger partial charge in [-0.1, -0.05) is 42.5 Å². The zero-order valence-corrected chi connectivity index (χ0v) is 8.94.